The lowest BCUT2D eigenvalue weighted by molar-refractivity contribution is -0.140. The second-order valence-corrected chi connectivity index (χ2v) is 11.0. The van der Waals surface area contributed by atoms with Gasteiger partial charge >= 0.3 is 0 Å². The van der Waals surface area contributed by atoms with E-state index < -0.39 is 17.7 Å². The number of fused-ring (bicyclic) bond motifs is 1. The van der Waals surface area contributed by atoms with Gasteiger partial charge in [0.2, 0.25) is 0 Å². The third-order valence-electron chi connectivity index (χ3n) is 7.61. The van der Waals surface area contributed by atoms with Gasteiger partial charge in [-0.2, -0.15) is 0 Å². The van der Waals surface area contributed by atoms with Crippen LogP contribution in [0.15, 0.2) is 48.0 Å². The molecule has 2 saturated heterocycles. The molecule has 2 atom stereocenters. The highest BCUT2D eigenvalue weighted by atomic mass is 16.5. The summed E-state index contributed by atoms with van der Waals surface area (Å²) in [4.78, 5) is 30.7. The van der Waals surface area contributed by atoms with E-state index in [1.54, 1.807) is 11.0 Å². The maximum atomic E-state index is 13.5. The summed E-state index contributed by atoms with van der Waals surface area (Å²) in [6.07, 6.45) is 1.70. The van der Waals surface area contributed by atoms with Crippen LogP contribution >= 0.6 is 0 Å². The largest absolute Gasteiger partial charge is 0.507 e. The molecule has 1 amide bonds. The van der Waals surface area contributed by atoms with Crippen LogP contribution in [0.5, 0.6) is 11.5 Å². The molecule has 3 heterocycles. The molecular formula is C31H38N2O6. The molecule has 0 aliphatic carbocycles. The number of rotatable bonds is 9. The monoisotopic (exact) mass is 534 g/mol. The van der Waals surface area contributed by atoms with Crippen molar-refractivity contribution in [2.24, 2.45) is 5.92 Å². The number of aliphatic hydroxyl groups excluding tert-OH is 1. The molecular weight excluding hydrogens is 496 g/mol. The second-order valence-electron chi connectivity index (χ2n) is 11.0. The molecule has 0 radical (unpaired) electrons. The first kappa shape index (κ1) is 27.2. The summed E-state index contributed by atoms with van der Waals surface area (Å²) in [5.41, 5.74) is 2.32. The van der Waals surface area contributed by atoms with Crippen molar-refractivity contribution in [1.29, 1.82) is 0 Å². The summed E-state index contributed by atoms with van der Waals surface area (Å²) in [6.45, 7) is 10.7. The van der Waals surface area contributed by atoms with E-state index >= 15 is 0 Å². The number of morpholine rings is 1. The molecule has 2 aromatic carbocycles. The molecule has 0 spiro atoms. The first-order chi connectivity index (χ1) is 18.8. The van der Waals surface area contributed by atoms with Crippen LogP contribution in [0, 0.1) is 5.92 Å². The molecule has 2 fully saturated rings. The van der Waals surface area contributed by atoms with E-state index in [9.17, 15) is 14.7 Å². The van der Waals surface area contributed by atoms with Crippen molar-refractivity contribution in [3.05, 3.63) is 64.7 Å². The molecule has 2 aromatic rings. The van der Waals surface area contributed by atoms with Crippen LogP contribution in [-0.4, -0.2) is 78.7 Å². The minimum absolute atomic E-state index is 0.0570. The van der Waals surface area contributed by atoms with Crippen LogP contribution in [0.25, 0.3) is 5.76 Å². The fourth-order valence-corrected chi connectivity index (χ4v) is 5.44. The Morgan fingerprint density at radius 2 is 1.90 bits per heavy atom. The number of likely N-dealkylation sites (tertiary alicyclic amines) is 1. The van der Waals surface area contributed by atoms with Crippen molar-refractivity contribution in [3.63, 3.8) is 0 Å². The number of nitrogens with zero attached hydrogens (tertiary/aromatic N) is 2. The Morgan fingerprint density at radius 3 is 2.67 bits per heavy atom. The molecule has 0 aromatic heterocycles. The van der Waals surface area contributed by atoms with Gasteiger partial charge in [-0.3, -0.25) is 14.5 Å². The number of hydrogen-bond acceptors (Lipinski definition) is 7. The van der Waals surface area contributed by atoms with Crippen molar-refractivity contribution in [3.8, 4) is 11.5 Å². The van der Waals surface area contributed by atoms with Crippen LogP contribution in [0.4, 0.5) is 0 Å². The van der Waals surface area contributed by atoms with Crippen LogP contribution in [0.3, 0.4) is 0 Å². The molecule has 0 unspecified atom stereocenters. The highest BCUT2D eigenvalue weighted by molar-refractivity contribution is 6.46. The number of carbonyl (C=O) groups is 2. The zero-order valence-corrected chi connectivity index (χ0v) is 23.0. The zero-order valence-electron chi connectivity index (χ0n) is 23.0. The van der Waals surface area contributed by atoms with Gasteiger partial charge in [0.15, 0.2) is 0 Å². The average Bonchev–Trinajstić information content (AvgIpc) is 3.42. The molecule has 3 aliphatic rings. The molecule has 1 N–H and O–H groups in total. The zero-order chi connectivity index (χ0) is 27.5. The molecule has 0 saturated carbocycles. The summed E-state index contributed by atoms with van der Waals surface area (Å²) in [6, 6.07) is 12.2. The Bertz CT molecular complexity index is 1250. The maximum absolute atomic E-state index is 13.5. The summed E-state index contributed by atoms with van der Waals surface area (Å²) in [5.74, 6) is 0.542. The van der Waals surface area contributed by atoms with Gasteiger partial charge in [0.05, 0.1) is 31.4 Å². The van der Waals surface area contributed by atoms with Crippen molar-refractivity contribution in [2.75, 3.05) is 46.0 Å². The van der Waals surface area contributed by atoms with E-state index in [0.29, 0.717) is 50.1 Å². The molecule has 0 bridgehead atoms. The van der Waals surface area contributed by atoms with Crippen LogP contribution in [-0.2, 0) is 20.7 Å². The summed E-state index contributed by atoms with van der Waals surface area (Å²) < 4.78 is 17.3. The van der Waals surface area contributed by atoms with Gasteiger partial charge in [0.25, 0.3) is 11.7 Å². The lowest BCUT2D eigenvalue weighted by Crippen LogP contribution is -2.42. The SMILES string of the molecule is CC(C)CCOc1cccc([C@H]2/C(=C(\O)c3ccc4c(c3)C[C@H](C)O4)C(=O)C(=O)N2CCN2CCOCC2)c1. The van der Waals surface area contributed by atoms with Crippen molar-refractivity contribution in [1.82, 2.24) is 9.80 Å². The van der Waals surface area contributed by atoms with E-state index in [0.717, 1.165) is 42.8 Å². The topological polar surface area (TPSA) is 88.5 Å². The van der Waals surface area contributed by atoms with Crippen molar-refractivity contribution in [2.45, 2.75) is 45.8 Å². The van der Waals surface area contributed by atoms with Gasteiger partial charge in [-0.1, -0.05) is 26.0 Å². The minimum Gasteiger partial charge on any atom is -0.507 e. The quantitative estimate of drug-likeness (QED) is 0.293. The fourth-order valence-electron chi connectivity index (χ4n) is 5.44. The van der Waals surface area contributed by atoms with E-state index in [2.05, 4.69) is 18.7 Å². The number of amides is 1. The highest BCUT2D eigenvalue weighted by Gasteiger charge is 2.46. The predicted octanol–water partition coefficient (Wildman–Crippen LogP) is 4.19. The number of carbonyl (C=O) groups excluding carboxylic acids is 2. The van der Waals surface area contributed by atoms with Gasteiger partial charge in [-0.25, -0.2) is 0 Å². The van der Waals surface area contributed by atoms with Gasteiger partial charge < -0.3 is 24.2 Å². The van der Waals surface area contributed by atoms with Gasteiger partial charge in [0, 0.05) is 38.2 Å². The summed E-state index contributed by atoms with van der Waals surface area (Å²) in [7, 11) is 0. The third-order valence-corrected chi connectivity index (χ3v) is 7.61. The number of ether oxygens (including phenoxy) is 3. The van der Waals surface area contributed by atoms with Gasteiger partial charge in [-0.05, 0) is 60.7 Å². The molecule has 39 heavy (non-hydrogen) atoms. The molecule has 5 rings (SSSR count). The third kappa shape index (κ3) is 5.97. The number of Topliss-reactive ketones (excluding diaryl/α,β-unsaturated/α-hetero) is 1. The maximum Gasteiger partial charge on any atom is 0.295 e. The highest BCUT2D eigenvalue weighted by Crippen LogP contribution is 2.41. The van der Waals surface area contributed by atoms with Crippen molar-refractivity contribution < 1.29 is 28.9 Å². The van der Waals surface area contributed by atoms with Crippen LogP contribution in [0.1, 0.15) is 49.9 Å². The molecule has 3 aliphatic heterocycles. The van der Waals surface area contributed by atoms with Crippen LogP contribution < -0.4 is 9.47 Å². The summed E-state index contributed by atoms with van der Waals surface area (Å²) >= 11 is 0. The van der Waals surface area contributed by atoms with E-state index in [4.69, 9.17) is 14.2 Å². The number of benzene rings is 2. The lowest BCUT2D eigenvalue weighted by atomic mass is 9.94. The minimum atomic E-state index is -0.719. The van der Waals surface area contributed by atoms with Crippen molar-refractivity contribution >= 4 is 17.4 Å². The summed E-state index contributed by atoms with van der Waals surface area (Å²) in [5, 5.41) is 11.5. The first-order valence-corrected chi connectivity index (χ1v) is 13.9. The Hall–Kier alpha value is -3.36. The molecule has 8 nitrogen and oxygen atoms in total. The van der Waals surface area contributed by atoms with Gasteiger partial charge in [0.1, 0.15) is 23.4 Å². The smallest absolute Gasteiger partial charge is 0.295 e. The Labute approximate surface area is 230 Å². The van der Waals surface area contributed by atoms with E-state index in [1.165, 1.54) is 0 Å². The fraction of sp³-hybridized carbons (Fsp3) is 0.484. The lowest BCUT2D eigenvalue weighted by Gasteiger charge is -2.31. The predicted molar refractivity (Wildman–Crippen MR) is 148 cm³/mol. The van der Waals surface area contributed by atoms with Crippen LogP contribution in [0.2, 0.25) is 0 Å². The molecule has 8 heteroatoms. The van der Waals surface area contributed by atoms with Gasteiger partial charge in [-0.15, -0.1) is 0 Å². The first-order valence-electron chi connectivity index (χ1n) is 13.9. The molecule has 208 valence electrons. The number of hydrogen-bond donors (Lipinski definition) is 1. The Balaban J connectivity index is 1.50. The second kappa shape index (κ2) is 11.8. The Morgan fingerprint density at radius 1 is 1.10 bits per heavy atom. The standard InChI is InChI=1S/C31H38N2O6/c1-20(2)9-14-38-25-6-4-5-22(19-25)28-27(29(34)23-7-8-26-24(18-23)17-21(3)39-26)30(35)31(36)33(28)11-10-32-12-15-37-16-13-32/h4-8,18-21,28,34H,9-17H2,1-3H3/b29-27+/t21-,28-/m0/s1. The average molecular weight is 535 g/mol. The Kier molecular flexibility index (Phi) is 8.23. The number of ketones is 1. The number of aliphatic hydroxyl groups is 1. The van der Waals surface area contributed by atoms with E-state index in [1.807, 2.05) is 43.3 Å². The van der Waals surface area contributed by atoms with E-state index in [-0.39, 0.29) is 17.4 Å². The normalized spacial score (nSPS) is 22.8.